The number of thioether (sulfide) groups is 1. The normalized spacial score (nSPS) is 19.3. The molecule has 0 aromatic heterocycles. The van der Waals surface area contributed by atoms with E-state index >= 15 is 0 Å². The van der Waals surface area contributed by atoms with E-state index in [4.69, 9.17) is 9.73 Å². The Morgan fingerprint density at radius 1 is 1.33 bits per heavy atom. The van der Waals surface area contributed by atoms with Gasteiger partial charge in [-0.2, -0.15) is 11.8 Å². The summed E-state index contributed by atoms with van der Waals surface area (Å²) >= 11 is 2.10. The molecule has 1 unspecified atom stereocenters. The average molecular weight is 429 g/mol. The molecule has 6 heteroatoms. The molecule has 0 aromatic rings. The van der Waals surface area contributed by atoms with Crippen LogP contribution in [0.4, 0.5) is 0 Å². The van der Waals surface area contributed by atoms with Gasteiger partial charge in [0.1, 0.15) is 0 Å². The van der Waals surface area contributed by atoms with E-state index in [2.05, 4.69) is 35.8 Å². The Hall–Kier alpha value is 0.310. The third-order valence-corrected chi connectivity index (χ3v) is 4.87. The minimum absolute atomic E-state index is 0. The van der Waals surface area contributed by atoms with Gasteiger partial charge in [0.25, 0.3) is 0 Å². The lowest BCUT2D eigenvalue weighted by Crippen LogP contribution is -2.48. The van der Waals surface area contributed by atoms with Crippen molar-refractivity contribution in [1.82, 2.24) is 10.2 Å². The number of nitrogens with zero attached hydrogens (tertiary/aromatic N) is 2. The molecule has 0 amide bonds. The molecule has 4 nitrogen and oxygen atoms in total. The molecule has 0 saturated carbocycles. The first-order chi connectivity index (χ1) is 9.81. The molecule has 21 heavy (non-hydrogen) atoms. The molecular weight excluding hydrogens is 397 g/mol. The largest absolute Gasteiger partial charge is 0.385 e. The van der Waals surface area contributed by atoms with Crippen molar-refractivity contribution in [3.63, 3.8) is 0 Å². The maximum absolute atomic E-state index is 5.07. The van der Waals surface area contributed by atoms with Crippen LogP contribution in [-0.4, -0.2) is 61.8 Å². The highest BCUT2D eigenvalue weighted by Gasteiger charge is 2.21. The minimum atomic E-state index is 0. The molecule has 0 bridgehead atoms. The lowest BCUT2D eigenvalue weighted by Gasteiger charge is -2.34. The van der Waals surface area contributed by atoms with E-state index in [9.17, 15) is 0 Å². The van der Waals surface area contributed by atoms with Crippen molar-refractivity contribution < 1.29 is 4.74 Å². The molecule has 0 aromatic carbocycles. The SMILES string of the molecule is CCNC(=NCCCCCOC)N1CCSC(CC)C1.I. The predicted molar refractivity (Wildman–Crippen MR) is 105 cm³/mol. The third kappa shape index (κ3) is 9.13. The third-order valence-electron chi connectivity index (χ3n) is 3.50. The lowest BCUT2D eigenvalue weighted by molar-refractivity contribution is 0.192. The number of methoxy groups -OCH3 is 1. The van der Waals surface area contributed by atoms with Gasteiger partial charge in [-0.1, -0.05) is 6.92 Å². The van der Waals surface area contributed by atoms with Gasteiger partial charge in [0.05, 0.1) is 0 Å². The summed E-state index contributed by atoms with van der Waals surface area (Å²) in [5.74, 6) is 2.33. The topological polar surface area (TPSA) is 36.9 Å². The van der Waals surface area contributed by atoms with Crippen molar-refractivity contribution in [1.29, 1.82) is 0 Å². The molecule has 1 rings (SSSR count). The van der Waals surface area contributed by atoms with Crippen molar-refractivity contribution in [2.75, 3.05) is 45.6 Å². The van der Waals surface area contributed by atoms with Crippen LogP contribution in [0.25, 0.3) is 0 Å². The minimum Gasteiger partial charge on any atom is -0.385 e. The molecule has 1 saturated heterocycles. The van der Waals surface area contributed by atoms with E-state index in [0.717, 1.165) is 56.8 Å². The maximum atomic E-state index is 5.07. The van der Waals surface area contributed by atoms with Gasteiger partial charge in [0.2, 0.25) is 0 Å². The highest BCUT2D eigenvalue weighted by atomic mass is 127. The van der Waals surface area contributed by atoms with E-state index in [1.165, 1.54) is 18.6 Å². The predicted octanol–water partition coefficient (Wildman–Crippen LogP) is 3.21. The van der Waals surface area contributed by atoms with Crippen molar-refractivity contribution in [3.8, 4) is 0 Å². The number of nitrogens with one attached hydrogen (secondary N) is 1. The lowest BCUT2D eigenvalue weighted by atomic mass is 10.2. The van der Waals surface area contributed by atoms with Gasteiger partial charge in [-0.25, -0.2) is 0 Å². The van der Waals surface area contributed by atoms with Gasteiger partial charge in [0.15, 0.2) is 5.96 Å². The molecule has 1 N–H and O–H groups in total. The zero-order valence-electron chi connectivity index (χ0n) is 13.8. The van der Waals surface area contributed by atoms with E-state index in [1.54, 1.807) is 7.11 Å². The first-order valence-corrected chi connectivity index (χ1v) is 9.00. The summed E-state index contributed by atoms with van der Waals surface area (Å²) in [5.41, 5.74) is 0. The molecule has 1 fully saturated rings. The monoisotopic (exact) mass is 429 g/mol. The van der Waals surface area contributed by atoms with Crippen molar-refractivity contribution in [2.24, 2.45) is 4.99 Å². The average Bonchev–Trinajstić information content (AvgIpc) is 2.49. The molecule has 126 valence electrons. The number of unbranched alkanes of at least 4 members (excludes halogenated alkanes) is 2. The molecule has 0 radical (unpaired) electrons. The van der Waals surface area contributed by atoms with Gasteiger partial charge in [-0.15, -0.1) is 24.0 Å². The second kappa shape index (κ2) is 13.9. The Labute approximate surface area is 151 Å². The number of hydrogen-bond acceptors (Lipinski definition) is 3. The number of ether oxygens (including phenoxy) is 1. The molecule has 0 aliphatic carbocycles. The zero-order valence-corrected chi connectivity index (χ0v) is 16.9. The number of guanidine groups is 1. The summed E-state index contributed by atoms with van der Waals surface area (Å²) in [6.07, 6.45) is 4.74. The zero-order chi connectivity index (χ0) is 14.6. The van der Waals surface area contributed by atoms with Gasteiger partial charge < -0.3 is 15.0 Å². The van der Waals surface area contributed by atoms with Crippen molar-refractivity contribution in [2.45, 2.75) is 44.8 Å². The number of hydrogen-bond donors (Lipinski definition) is 1. The maximum Gasteiger partial charge on any atom is 0.193 e. The number of aliphatic imine (C=N–C) groups is 1. The summed E-state index contributed by atoms with van der Waals surface area (Å²) < 4.78 is 5.07. The summed E-state index contributed by atoms with van der Waals surface area (Å²) in [5, 5.41) is 4.20. The summed E-state index contributed by atoms with van der Waals surface area (Å²) in [4.78, 5) is 7.22. The highest BCUT2D eigenvalue weighted by molar-refractivity contribution is 14.0. The second-order valence-electron chi connectivity index (χ2n) is 5.14. The molecule has 1 heterocycles. The fraction of sp³-hybridized carbons (Fsp3) is 0.933. The van der Waals surface area contributed by atoms with Crippen LogP contribution in [0.3, 0.4) is 0 Å². The van der Waals surface area contributed by atoms with Crippen LogP contribution in [0.1, 0.15) is 39.5 Å². The Morgan fingerprint density at radius 3 is 2.81 bits per heavy atom. The smallest absolute Gasteiger partial charge is 0.193 e. The first-order valence-electron chi connectivity index (χ1n) is 7.95. The van der Waals surface area contributed by atoms with Gasteiger partial charge >= 0.3 is 0 Å². The molecule has 1 atom stereocenters. The Morgan fingerprint density at radius 2 is 2.14 bits per heavy atom. The van der Waals surface area contributed by atoms with E-state index in [-0.39, 0.29) is 24.0 Å². The Balaban J connectivity index is 0.00000400. The van der Waals surface area contributed by atoms with Crippen LogP contribution in [-0.2, 0) is 4.74 Å². The molecule has 1 aliphatic heterocycles. The first kappa shape index (κ1) is 21.3. The van der Waals surface area contributed by atoms with Crippen LogP contribution in [0, 0.1) is 0 Å². The van der Waals surface area contributed by atoms with Gasteiger partial charge in [0, 0.05) is 50.9 Å². The Kier molecular flexibility index (Phi) is 14.1. The second-order valence-corrected chi connectivity index (χ2v) is 6.54. The fourth-order valence-corrected chi connectivity index (χ4v) is 3.48. The van der Waals surface area contributed by atoms with Crippen LogP contribution >= 0.6 is 35.7 Å². The summed E-state index contributed by atoms with van der Waals surface area (Å²) in [7, 11) is 1.76. The van der Waals surface area contributed by atoms with Crippen LogP contribution in [0.2, 0.25) is 0 Å². The van der Waals surface area contributed by atoms with Crippen LogP contribution in [0.15, 0.2) is 4.99 Å². The van der Waals surface area contributed by atoms with Gasteiger partial charge in [-0.3, -0.25) is 4.99 Å². The molecular formula is C15H32IN3OS. The van der Waals surface area contributed by atoms with E-state index in [1.807, 2.05) is 0 Å². The highest BCUT2D eigenvalue weighted by Crippen LogP contribution is 2.21. The van der Waals surface area contributed by atoms with Crippen molar-refractivity contribution in [3.05, 3.63) is 0 Å². The quantitative estimate of drug-likeness (QED) is 0.278. The number of halogens is 1. The summed E-state index contributed by atoms with van der Waals surface area (Å²) in [6, 6.07) is 0. The Bertz CT molecular complexity index is 280. The van der Waals surface area contributed by atoms with E-state index < -0.39 is 0 Å². The molecule has 0 spiro atoms. The standard InChI is InChI=1S/C15H31N3OS.HI/c1-4-14-13-18(10-12-20-14)15(16-5-2)17-9-7-6-8-11-19-3;/h14H,4-13H2,1-3H3,(H,16,17);1H. The van der Waals surface area contributed by atoms with E-state index in [0.29, 0.717) is 0 Å². The fourth-order valence-electron chi connectivity index (χ4n) is 2.30. The van der Waals surface area contributed by atoms with Gasteiger partial charge in [-0.05, 0) is 32.6 Å². The van der Waals surface area contributed by atoms with Crippen LogP contribution < -0.4 is 5.32 Å². The van der Waals surface area contributed by atoms with Crippen LogP contribution in [0.5, 0.6) is 0 Å². The molecule has 1 aliphatic rings. The number of rotatable bonds is 8. The van der Waals surface area contributed by atoms with Crippen molar-refractivity contribution >= 4 is 41.7 Å². The summed E-state index contributed by atoms with van der Waals surface area (Å²) in [6.45, 7) is 9.42.